The van der Waals surface area contributed by atoms with Gasteiger partial charge in [-0.05, 0) is 12.8 Å². The minimum absolute atomic E-state index is 0.0550. The lowest BCUT2D eigenvalue weighted by Gasteiger charge is -2.21. The number of ether oxygens (including phenoxy) is 4. The topological polar surface area (TPSA) is 125 Å². The monoisotopic (exact) mass is 492 g/mol. The number of carbonyl (C=O) groups excluding carboxylic acids is 2. The van der Waals surface area contributed by atoms with Crippen molar-refractivity contribution in [2.75, 3.05) is 13.2 Å². The molecular weight excluding hydrogens is 464 g/mol. The molecule has 0 fully saturated rings. The molecular formula is C24H28O9S. The van der Waals surface area contributed by atoms with Crippen LogP contribution in [0.2, 0.25) is 0 Å². The zero-order valence-electron chi connectivity index (χ0n) is 19.1. The first-order valence-corrected chi connectivity index (χ1v) is 12.0. The molecule has 0 aromatic heterocycles. The summed E-state index contributed by atoms with van der Waals surface area (Å²) in [4.78, 5) is 22.5. The molecule has 1 N–H and O–H groups in total. The maximum absolute atomic E-state index is 12.2. The molecule has 2 rings (SSSR count). The van der Waals surface area contributed by atoms with Gasteiger partial charge in [0.2, 0.25) is 0 Å². The molecule has 34 heavy (non-hydrogen) atoms. The van der Waals surface area contributed by atoms with Crippen LogP contribution in [0.5, 0.6) is 11.5 Å². The van der Waals surface area contributed by atoms with Gasteiger partial charge in [0.05, 0.1) is 0 Å². The number of hydrogen-bond acceptors (Lipinski definition) is 8. The predicted molar refractivity (Wildman–Crippen MR) is 125 cm³/mol. The van der Waals surface area contributed by atoms with E-state index in [0.717, 1.165) is 18.2 Å². The van der Waals surface area contributed by atoms with Crippen LogP contribution in [0, 0.1) is 0 Å². The summed E-state index contributed by atoms with van der Waals surface area (Å²) in [5.41, 5.74) is 0. The van der Waals surface area contributed by atoms with Crippen LogP contribution in [0.1, 0.15) is 26.7 Å². The van der Waals surface area contributed by atoms with Crippen LogP contribution in [-0.4, -0.2) is 50.3 Å². The zero-order valence-corrected chi connectivity index (χ0v) is 19.9. The van der Waals surface area contributed by atoms with Crippen LogP contribution in [0.4, 0.5) is 0 Å². The van der Waals surface area contributed by atoms with Crippen molar-refractivity contribution >= 4 is 32.8 Å². The summed E-state index contributed by atoms with van der Waals surface area (Å²) in [6, 6.07) is 7.84. The first kappa shape index (κ1) is 26.9. The van der Waals surface area contributed by atoms with Crippen LogP contribution < -0.4 is 9.47 Å². The minimum Gasteiger partial charge on any atom is -0.489 e. The molecule has 0 spiro atoms. The fraction of sp³-hybridized carbons (Fsp3) is 0.333. The molecule has 2 atom stereocenters. The highest BCUT2D eigenvalue weighted by Gasteiger charge is 2.25. The van der Waals surface area contributed by atoms with E-state index >= 15 is 0 Å². The van der Waals surface area contributed by atoms with Gasteiger partial charge >= 0.3 is 11.9 Å². The lowest BCUT2D eigenvalue weighted by Crippen LogP contribution is -2.24. The number of rotatable bonds is 13. The molecule has 0 bridgehead atoms. The smallest absolute Gasteiger partial charge is 0.330 e. The molecule has 0 amide bonds. The Labute approximate surface area is 198 Å². The molecule has 0 aliphatic rings. The van der Waals surface area contributed by atoms with Gasteiger partial charge in [-0.1, -0.05) is 51.3 Å². The van der Waals surface area contributed by atoms with Crippen LogP contribution in [0.25, 0.3) is 10.8 Å². The van der Waals surface area contributed by atoms with Crippen molar-refractivity contribution in [2.24, 2.45) is 0 Å². The maximum atomic E-state index is 12.2. The second-order valence-electron chi connectivity index (χ2n) is 7.19. The van der Waals surface area contributed by atoms with Gasteiger partial charge in [0, 0.05) is 29.0 Å². The number of carbonyl (C=O) groups is 2. The van der Waals surface area contributed by atoms with Crippen molar-refractivity contribution in [1.82, 2.24) is 0 Å². The Morgan fingerprint density at radius 3 is 1.91 bits per heavy atom. The largest absolute Gasteiger partial charge is 0.489 e. The van der Waals surface area contributed by atoms with Gasteiger partial charge in [0.1, 0.15) is 41.8 Å². The third kappa shape index (κ3) is 7.06. The summed E-state index contributed by atoms with van der Waals surface area (Å²) in [5, 5.41) is 0.861. The molecule has 0 aliphatic carbocycles. The number of hydrogen-bond donors (Lipinski definition) is 1. The average Bonchev–Trinajstić information content (AvgIpc) is 2.83. The van der Waals surface area contributed by atoms with E-state index in [0.29, 0.717) is 23.6 Å². The van der Waals surface area contributed by atoms with E-state index in [2.05, 4.69) is 13.2 Å². The third-order valence-electron chi connectivity index (χ3n) is 4.85. The van der Waals surface area contributed by atoms with Gasteiger partial charge in [0.25, 0.3) is 10.1 Å². The summed E-state index contributed by atoms with van der Waals surface area (Å²) in [7, 11) is -4.72. The maximum Gasteiger partial charge on any atom is 0.330 e. The Bertz CT molecular complexity index is 1150. The van der Waals surface area contributed by atoms with E-state index in [-0.39, 0.29) is 24.7 Å². The normalized spacial score (nSPS) is 12.9. The molecule has 10 heteroatoms. The van der Waals surface area contributed by atoms with Crippen molar-refractivity contribution in [3.8, 4) is 11.5 Å². The van der Waals surface area contributed by atoms with Crippen LogP contribution in [-0.2, 0) is 29.2 Å². The highest BCUT2D eigenvalue weighted by atomic mass is 32.2. The Morgan fingerprint density at radius 2 is 1.44 bits per heavy atom. The van der Waals surface area contributed by atoms with E-state index in [1.807, 2.05) is 0 Å². The first-order chi connectivity index (χ1) is 16.1. The summed E-state index contributed by atoms with van der Waals surface area (Å²) in [6.07, 6.45) is 1.65. The fourth-order valence-corrected chi connectivity index (χ4v) is 3.66. The van der Waals surface area contributed by atoms with Gasteiger partial charge in [-0.2, -0.15) is 8.42 Å². The Hall–Kier alpha value is -3.37. The van der Waals surface area contributed by atoms with E-state index in [9.17, 15) is 22.6 Å². The second-order valence-corrected chi connectivity index (χ2v) is 8.58. The molecule has 0 saturated carbocycles. The number of benzene rings is 2. The molecule has 0 heterocycles. The molecule has 0 saturated heterocycles. The molecule has 9 nitrogen and oxygen atoms in total. The molecule has 2 aromatic rings. The van der Waals surface area contributed by atoms with Crippen molar-refractivity contribution in [2.45, 2.75) is 43.8 Å². The Balaban J connectivity index is 2.45. The summed E-state index contributed by atoms with van der Waals surface area (Å²) in [6.45, 7) is 10.1. The Kier molecular flexibility index (Phi) is 9.64. The summed E-state index contributed by atoms with van der Waals surface area (Å²) >= 11 is 0. The van der Waals surface area contributed by atoms with E-state index in [1.54, 1.807) is 38.1 Å². The summed E-state index contributed by atoms with van der Waals surface area (Å²) in [5.74, 6) is -1.20. The van der Waals surface area contributed by atoms with E-state index < -0.39 is 39.2 Å². The SMILES string of the molecule is C=CC(=O)OC(CC)COc1cc(S(=O)(=O)O)c(OCC(CC)OC(=O)C=C)c2ccccc12. The zero-order chi connectivity index (χ0) is 25.3. The standard InChI is InChI=1S/C24H28O9S/c1-5-16(32-22(25)7-3)14-30-20-13-21(34(27,28)29)24(19-12-10-9-11-18(19)20)31-15-17(6-2)33-23(26)8-4/h7-13,16-17H,3-6,14-15H2,1-2H3,(H,27,28,29). The van der Waals surface area contributed by atoms with Gasteiger partial charge in [0.15, 0.2) is 0 Å². The van der Waals surface area contributed by atoms with Crippen molar-refractivity contribution in [3.63, 3.8) is 0 Å². The van der Waals surface area contributed by atoms with Crippen molar-refractivity contribution in [3.05, 3.63) is 55.6 Å². The molecule has 0 radical (unpaired) electrons. The number of esters is 2. The van der Waals surface area contributed by atoms with Crippen LogP contribution in [0.3, 0.4) is 0 Å². The lowest BCUT2D eigenvalue weighted by atomic mass is 10.1. The van der Waals surface area contributed by atoms with Gasteiger partial charge in [-0.25, -0.2) is 9.59 Å². The van der Waals surface area contributed by atoms with Gasteiger partial charge in [-0.3, -0.25) is 4.55 Å². The molecule has 2 unspecified atom stereocenters. The van der Waals surface area contributed by atoms with Crippen LogP contribution >= 0.6 is 0 Å². The highest BCUT2D eigenvalue weighted by molar-refractivity contribution is 7.86. The Morgan fingerprint density at radius 1 is 0.941 bits per heavy atom. The molecule has 0 aliphatic heterocycles. The summed E-state index contributed by atoms with van der Waals surface area (Å²) < 4.78 is 56.2. The molecule has 184 valence electrons. The van der Waals surface area contributed by atoms with Crippen molar-refractivity contribution < 1.29 is 41.5 Å². The van der Waals surface area contributed by atoms with E-state index in [4.69, 9.17) is 18.9 Å². The first-order valence-electron chi connectivity index (χ1n) is 10.6. The quantitative estimate of drug-likeness (QED) is 0.252. The fourth-order valence-electron chi connectivity index (χ4n) is 3.01. The lowest BCUT2D eigenvalue weighted by molar-refractivity contribution is -0.145. The number of fused-ring (bicyclic) bond motifs is 1. The second kappa shape index (κ2) is 12.2. The average molecular weight is 493 g/mol. The van der Waals surface area contributed by atoms with Gasteiger partial charge in [-0.15, -0.1) is 0 Å². The highest BCUT2D eigenvalue weighted by Crippen LogP contribution is 2.39. The predicted octanol–water partition coefficient (Wildman–Crippen LogP) is 3.86. The van der Waals surface area contributed by atoms with Crippen molar-refractivity contribution in [1.29, 1.82) is 0 Å². The minimum atomic E-state index is -4.72. The van der Waals surface area contributed by atoms with Gasteiger partial charge < -0.3 is 18.9 Å². The van der Waals surface area contributed by atoms with E-state index in [1.165, 1.54) is 0 Å². The molecule has 2 aromatic carbocycles. The third-order valence-corrected chi connectivity index (χ3v) is 5.71. The van der Waals surface area contributed by atoms with Crippen LogP contribution in [0.15, 0.2) is 60.5 Å².